The number of hydrogen-bond donors (Lipinski definition) is 1. The van der Waals surface area contributed by atoms with Gasteiger partial charge in [-0.3, -0.25) is 14.7 Å². The van der Waals surface area contributed by atoms with Crippen LogP contribution in [0.5, 0.6) is 0 Å². The van der Waals surface area contributed by atoms with Gasteiger partial charge in [0.25, 0.3) is 5.91 Å². The Morgan fingerprint density at radius 3 is 2.50 bits per heavy atom. The molecular formula is C16H16N2O2. The molecule has 0 spiro atoms. The van der Waals surface area contributed by atoms with Crippen LogP contribution in [-0.2, 0) is 5.72 Å². The van der Waals surface area contributed by atoms with E-state index in [9.17, 15) is 9.90 Å². The quantitative estimate of drug-likeness (QED) is 0.908. The zero-order valence-electron chi connectivity index (χ0n) is 11.4. The number of carbonyl (C=O) groups is 1. The molecule has 1 aliphatic heterocycles. The molecule has 2 heterocycles. The first-order chi connectivity index (χ1) is 9.56. The number of hydrogen-bond acceptors (Lipinski definition) is 3. The highest BCUT2D eigenvalue weighted by molar-refractivity contribution is 6.00. The number of fused-ring (bicyclic) bond motifs is 1. The van der Waals surface area contributed by atoms with Gasteiger partial charge in [-0.25, -0.2) is 0 Å². The molecule has 0 radical (unpaired) electrons. The number of pyridine rings is 1. The lowest BCUT2D eigenvalue weighted by molar-refractivity contribution is -0.0667. The molecule has 1 amide bonds. The summed E-state index contributed by atoms with van der Waals surface area (Å²) in [6.45, 7) is 3.77. The summed E-state index contributed by atoms with van der Waals surface area (Å²) in [6.07, 6.45) is 1.62. The Morgan fingerprint density at radius 1 is 1.15 bits per heavy atom. The summed E-state index contributed by atoms with van der Waals surface area (Å²) in [7, 11) is 0. The van der Waals surface area contributed by atoms with Crippen LogP contribution < -0.4 is 0 Å². The van der Waals surface area contributed by atoms with Gasteiger partial charge < -0.3 is 5.11 Å². The topological polar surface area (TPSA) is 53.4 Å². The Bertz CT molecular complexity index is 655. The standard InChI is InChI=1S/C16H16N2O2/c1-11(2)18-15(19)12-7-3-4-8-13(12)16(18,20)14-9-5-6-10-17-14/h3-11,20H,1-2H3/t16-/m0/s1. The van der Waals surface area contributed by atoms with E-state index in [4.69, 9.17) is 0 Å². The second-order valence-corrected chi connectivity index (χ2v) is 5.20. The number of benzene rings is 1. The van der Waals surface area contributed by atoms with Crippen LogP contribution in [0.3, 0.4) is 0 Å². The zero-order valence-corrected chi connectivity index (χ0v) is 11.4. The minimum atomic E-state index is -1.50. The summed E-state index contributed by atoms with van der Waals surface area (Å²) in [5.41, 5.74) is 0.0991. The number of aromatic nitrogens is 1. The summed E-state index contributed by atoms with van der Waals surface area (Å²) in [4.78, 5) is 18.3. The van der Waals surface area contributed by atoms with Gasteiger partial charge in [0.1, 0.15) is 0 Å². The van der Waals surface area contributed by atoms with Crippen LogP contribution in [0.4, 0.5) is 0 Å². The molecule has 4 nitrogen and oxygen atoms in total. The van der Waals surface area contributed by atoms with Crippen molar-refractivity contribution in [3.8, 4) is 0 Å². The lowest BCUT2D eigenvalue weighted by atomic mass is 9.97. The predicted octanol–water partition coefficient (Wildman–Crippen LogP) is 2.14. The molecule has 102 valence electrons. The maximum atomic E-state index is 12.6. The number of rotatable bonds is 2. The Balaban J connectivity index is 2.28. The highest BCUT2D eigenvalue weighted by Gasteiger charge is 2.51. The van der Waals surface area contributed by atoms with Crippen LogP contribution in [0.2, 0.25) is 0 Å². The lowest BCUT2D eigenvalue weighted by Gasteiger charge is -2.36. The van der Waals surface area contributed by atoms with Crippen molar-refractivity contribution in [3.63, 3.8) is 0 Å². The third-order valence-electron chi connectivity index (χ3n) is 3.64. The van der Waals surface area contributed by atoms with Crippen molar-refractivity contribution in [2.24, 2.45) is 0 Å². The van der Waals surface area contributed by atoms with Crippen molar-refractivity contribution in [1.82, 2.24) is 9.88 Å². The van der Waals surface area contributed by atoms with Crippen LogP contribution in [0.25, 0.3) is 0 Å². The van der Waals surface area contributed by atoms with Gasteiger partial charge in [-0.05, 0) is 32.0 Å². The van der Waals surface area contributed by atoms with Crippen molar-refractivity contribution >= 4 is 5.91 Å². The fraction of sp³-hybridized carbons (Fsp3) is 0.250. The second-order valence-electron chi connectivity index (χ2n) is 5.20. The van der Waals surface area contributed by atoms with E-state index in [1.54, 1.807) is 36.5 Å². The first-order valence-electron chi connectivity index (χ1n) is 6.64. The molecule has 1 atom stereocenters. The summed E-state index contributed by atoms with van der Waals surface area (Å²) >= 11 is 0. The molecule has 1 aromatic heterocycles. The second kappa shape index (κ2) is 4.42. The summed E-state index contributed by atoms with van der Waals surface area (Å²) < 4.78 is 0. The van der Waals surface area contributed by atoms with Gasteiger partial charge in [0.2, 0.25) is 5.72 Å². The molecular weight excluding hydrogens is 252 g/mol. The van der Waals surface area contributed by atoms with Crippen molar-refractivity contribution in [2.45, 2.75) is 25.6 Å². The van der Waals surface area contributed by atoms with Crippen molar-refractivity contribution in [3.05, 3.63) is 65.5 Å². The lowest BCUT2D eigenvalue weighted by Crippen LogP contribution is -2.48. The van der Waals surface area contributed by atoms with Gasteiger partial charge in [-0.1, -0.05) is 24.3 Å². The van der Waals surface area contributed by atoms with Gasteiger partial charge in [-0.15, -0.1) is 0 Å². The molecule has 1 N–H and O–H groups in total. The normalized spacial score (nSPS) is 21.4. The van der Waals surface area contributed by atoms with Gasteiger partial charge in [-0.2, -0.15) is 0 Å². The average Bonchev–Trinajstić information content (AvgIpc) is 2.70. The first kappa shape index (κ1) is 12.8. The van der Waals surface area contributed by atoms with Crippen molar-refractivity contribution in [2.75, 3.05) is 0 Å². The maximum Gasteiger partial charge on any atom is 0.257 e. The van der Waals surface area contributed by atoms with Crippen LogP contribution in [0.1, 0.15) is 35.5 Å². The van der Waals surface area contributed by atoms with Crippen LogP contribution in [0.15, 0.2) is 48.7 Å². The van der Waals surface area contributed by atoms with E-state index in [-0.39, 0.29) is 11.9 Å². The molecule has 0 bridgehead atoms. The SMILES string of the molecule is CC(C)N1C(=O)c2ccccc2[C@]1(O)c1ccccn1. The number of carbonyl (C=O) groups excluding carboxylic acids is 1. The molecule has 2 aromatic rings. The van der Waals surface area contributed by atoms with Crippen LogP contribution >= 0.6 is 0 Å². The Labute approximate surface area is 117 Å². The van der Waals surface area contributed by atoms with E-state index >= 15 is 0 Å². The average molecular weight is 268 g/mol. The summed E-state index contributed by atoms with van der Waals surface area (Å²) in [6, 6.07) is 12.4. The molecule has 0 unspecified atom stereocenters. The smallest absolute Gasteiger partial charge is 0.257 e. The third-order valence-corrected chi connectivity index (χ3v) is 3.64. The fourth-order valence-corrected chi connectivity index (χ4v) is 2.82. The van der Waals surface area contributed by atoms with E-state index in [1.165, 1.54) is 4.90 Å². The summed E-state index contributed by atoms with van der Waals surface area (Å²) in [5, 5.41) is 11.3. The van der Waals surface area contributed by atoms with E-state index in [1.807, 2.05) is 26.0 Å². The minimum Gasteiger partial charge on any atom is -0.362 e. The molecule has 0 saturated heterocycles. The van der Waals surface area contributed by atoms with Crippen LogP contribution in [0, 0.1) is 0 Å². The van der Waals surface area contributed by atoms with E-state index < -0.39 is 5.72 Å². The third kappa shape index (κ3) is 1.58. The summed E-state index contributed by atoms with van der Waals surface area (Å²) in [5.74, 6) is -0.163. The molecule has 1 aliphatic rings. The van der Waals surface area contributed by atoms with Gasteiger partial charge in [0.05, 0.1) is 5.69 Å². The molecule has 4 heteroatoms. The highest BCUT2D eigenvalue weighted by Crippen LogP contribution is 2.42. The first-order valence-corrected chi connectivity index (χ1v) is 6.64. The van der Waals surface area contributed by atoms with Gasteiger partial charge in [0.15, 0.2) is 0 Å². The van der Waals surface area contributed by atoms with E-state index in [0.717, 1.165) is 0 Å². The Kier molecular flexibility index (Phi) is 2.83. The van der Waals surface area contributed by atoms with Gasteiger partial charge >= 0.3 is 0 Å². The molecule has 0 fully saturated rings. The highest BCUT2D eigenvalue weighted by atomic mass is 16.3. The predicted molar refractivity (Wildman–Crippen MR) is 75.0 cm³/mol. The molecule has 0 saturated carbocycles. The number of nitrogens with zero attached hydrogens (tertiary/aromatic N) is 2. The van der Waals surface area contributed by atoms with E-state index in [0.29, 0.717) is 16.8 Å². The number of amides is 1. The molecule has 3 rings (SSSR count). The zero-order chi connectivity index (χ0) is 14.3. The van der Waals surface area contributed by atoms with Crippen LogP contribution in [-0.4, -0.2) is 26.9 Å². The monoisotopic (exact) mass is 268 g/mol. The molecule has 20 heavy (non-hydrogen) atoms. The van der Waals surface area contributed by atoms with Crippen molar-refractivity contribution < 1.29 is 9.90 Å². The van der Waals surface area contributed by atoms with Crippen molar-refractivity contribution in [1.29, 1.82) is 0 Å². The Morgan fingerprint density at radius 2 is 1.85 bits per heavy atom. The fourth-order valence-electron chi connectivity index (χ4n) is 2.82. The molecule has 1 aromatic carbocycles. The Hall–Kier alpha value is -2.20. The molecule has 0 aliphatic carbocycles. The number of aliphatic hydroxyl groups is 1. The maximum absolute atomic E-state index is 12.6. The van der Waals surface area contributed by atoms with Gasteiger partial charge in [0, 0.05) is 23.4 Å². The minimum absolute atomic E-state index is 0.137. The largest absolute Gasteiger partial charge is 0.362 e. The van der Waals surface area contributed by atoms with E-state index in [2.05, 4.69) is 4.98 Å².